The second kappa shape index (κ2) is 6.15. The minimum Gasteiger partial charge on any atom is -0.330 e. The quantitative estimate of drug-likeness (QED) is 0.739. The number of nitrogens with zero attached hydrogens (tertiary/aromatic N) is 1. The van der Waals surface area contributed by atoms with Gasteiger partial charge in [-0.25, -0.2) is 4.79 Å². The van der Waals surface area contributed by atoms with Gasteiger partial charge in [0.25, 0.3) is 0 Å². The van der Waals surface area contributed by atoms with Gasteiger partial charge in [-0.1, -0.05) is 0 Å². The Kier molecular flexibility index (Phi) is 4.79. The molecule has 15 heavy (non-hydrogen) atoms. The molecular formula is C9H13N3O2S. The van der Waals surface area contributed by atoms with Crippen LogP contribution in [0.4, 0.5) is 9.80 Å². The van der Waals surface area contributed by atoms with Gasteiger partial charge in [-0.15, -0.1) is 11.3 Å². The number of carbonyl (C=O) groups excluding carboxylic acids is 2. The highest BCUT2D eigenvalue weighted by molar-refractivity contribution is 7.14. The van der Waals surface area contributed by atoms with Crippen LogP contribution < -0.4 is 11.1 Å². The number of thiophene rings is 1. The highest BCUT2D eigenvalue weighted by atomic mass is 32.1. The summed E-state index contributed by atoms with van der Waals surface area (Å²) >= 11 is 1.40. The molecule has 3 N–H and O–H groups in total. The second-order valence-corrected chi connectivity index (χ2v) is 3.80. The van der Waals surface area contributed by atoms with E-state index in [1.165, 1.54) is 11.3 Å². The normalized spacial score (nSPS) is 9.67. The number of carbonyl (C=O) groups is 2. The Balaban J connectivity index is 2.46. The summed E-state index contributed by atoms with van der Waals surface area (Å²) in [4.78, 5) is 23.2. The van der Waals surface area contributed by atoms with E-state index in [1.54, 1.807) is 6.07 Å². The van der Waals surface area contributed by atoms with E-state index in [0.717, 1.165) is 9.90 Å². The molecule has 82 valence electrons. The van der Waals surface area contributed by atoms with Crippen molar-refractivity contribution in [2.24, 2.45) is 5.73 Å². The lowest BCUT2D eigenvalue weighted by atomic mass is 10.4. The van der Waals surface area contributed by atoms with Gasteiger partial charge in [0.05, 0.1) is 5.00 Å². The van der Waals surface area contributed by atoms with E-state index in [0.29, 0.717) is 25.9 Å². The summed E-state index contributed by atoms with van der Waals surface area (Å²) in [5, 5.41) is 5.19. The molecule has 0 saturated carbocycles. The van der Waals surface area contributed by atoms with Crippen LogP contribution in [-0.4, -0.2) is 30.4 Å². The standard InChI is InChI=1S/C9H13N3O2S/c10-4-2-5-12(7-13)9(14)11-8-3-1-6-15-8/h1,3,6-7H,2,4-5,10H2,(H,11,14). The third kappa shape index (κ3) is 3.69. The van der Waals surface area contributed by atoms with Crippen LogP contribution in [0.25, 0.3) is 0 Å². The van der Waals surface area contributed by atoms with Crippen LogP contribution in [0.3, 0.4) is 0 Å². The highest BCUT2D eigenvalue weighted by Crippen LogP contribution is 2.15. The van der Waals surface area contributed by atoms with Crippen molar-refractivity contribution in [2.45, 2.75) is 6.42 Å². The van der Waals surface area contributed by atoms with Crippen LogP contribution in [0.1, 0.15) is 6.42 Å². The number of hydrogen-bond acceptors (Lipinski definition) is 4. The number of urea groups is 1. The van der Waals surface area contributed by atoms with E-state index >= 15 is 0 Å². The Bertz CT molecular complexity index is 313. The van der Waals surface area contributed by atoms with E-state index in [-0.39, 0.29) is 0 Å². The molecule has 0 aromatic carbocycles. The molecule has 0 unspecified atom stereocenters. The molecule has 0 radical (unpaired) electrons. The minimum atomic E-state index is -0.416. The van der Waals surface area contributed by atoms with Crippen molar-refractivity contribution in [1.29, 1.82) is 0 Å². The summed E-state index contributed by atoms with van der Waals surface area (Å²) in [7, 11) is 0. The number of anilines is 1. The van der Waals surface area contributed by atoms with E-state index in [2.05, 4.69) is 5.32 Å². The van der Waals surface area contributed by atoms with Crippen molar-refractivity contribution < 1.29 is 9.59 Å². The molecule has 0 fully saturated rings. The molecule has 1 heterocycles. The molecule has 3 amide bonds. The van der Waals surface area contributed by atoms with Gasteiger partial charge in [-0.3, -0.25) is 15.0 Å². The third-order valence-electron chi connectivity index (χ3n) is 1.74. The van der Waals surface area contributed by atoms with Gasteiger partial charge in [-0.2, -0.15) is 0 Å². The molecule has 1 aromatic heterocycles. The molecule has 6 heteroatoms. The number of amides is 3. The predicted molar refractivity (Wildman–Crippen MR) is 59.8 cm³/mol. The van der Waals surface area contributed by atoms with E-state index in [4.69, 9.17) is 5.73 Å². The zero-order valence-electron chi connectivity index (χ0n) is 8.18. The Labute approximate surface area is 91.9 Å². The lowest BCUT2D eigenvalue weighted by Crippen LogP contribution is -2.35. The maximum atomic E-state index is 11.5. The summed E-state index contributed by atoms with van der Waals surface area (Å²) in [5.74, 6) is 0. The SMILES string of the molecule is NCCCN(C=O)C(=O)Nc1cccs1. The van der Waals surface area contributed by atoms with Crippen LogP contribution in [0.5, 0.6) is 0 Å². The van der Waals surface area contributed by atoms with Crippen molar-refractivity contribution in [1.82, 2.24) is 4.90 Å². The highest BCUT2D eigenvalue weighted by Gasteiger charge is 2.11. The van der Waals surface area contributed by atoms with Crippen molar-refractivity contribution >= 4 is 28.8 Å². The van der Waals surface area contributed by atoms with Crippen LogP contribution in [-0.2, 0) is 4.79 Å². The van der Waals surface area contributed by atoms with Crippen molar-refractivity contribution in [2.75, 3.05) is 18.4 Å². The number of nitrogens with two attached hydrogens (primary N) is 1. The molecule has 0 aliphatic carbocycles. The lowest BCUT2D eigenvalue weighted by molar-refractivity contribution is -0.115. The summed E-state index contributed by atoms with van der Waals surface area (Å²) < 4.78 is 0. The molecule has 0 saturated heterocycles. The predicted octanol–water partition coefficient (Wildman–Crippen LogP) is 1.09. The van der Waals surface area contributed by atoms with Gasteiger partial charge < -0.3 is 5.73 Å². The molecule has 0 spiro atoms. The Morgan fingerprint density at radius 2 is 2.47 bits per heavy atom. The summed E-state index contributed by atoms with van der Waals surface area (Å²) in [6.07, 6.45) is 1.12. The summed E-state index contributed by atoms with van der Waals surface area (Å²) in [6, 6.07) is 3.18. The zero-order chi connectivity index (χ0) is 11.1. The largest absolute Gasteiger partial charge is 0.330 e. The van der Waals surface area contributed by atoms with E-state index < -0.39 is 6.03 Å². The number of rotatable bonds is 5. The molecule has 0 aliphatic heterocycles. The molecule has 0 bridgehead atoms. The van der Waals surface area contributed by atoms with Gasteiger partial charge in [0.2, 0.25) is 6.41 Å². The molecule has 0 aliphatic rings. The Morgan fingerprint density at radius 3 is 3.00 bits per heavy atom. The fourth-order valence-electron chi connectivity index (χ4n) is 0.991. The number of hydrogen-bond donors (Lipinski definition) is 2. The first-order valence-electron chi connectivity index (χ1n) is 4.54. The maximum Gasteiger partial charge on any atom is 0.328 e. The molecule has 0 atom stereocenters. The first kappa shape index (κ1) is 11.7. The van der Waals surface area contributed by atoms with Gasteiger partial charge in [-0.05, 0) is 30.5 Å². The first-order valence-corrected chi connectivity index (χ1v) is 5.42. The first-order chi connectivity index (χ1) is 7.27. The van der Waals surface area contributed by atoms with Crippen LogP contribution in [0.2, 0.25) is 0 Å². The van der Waals surface area contributed by atoms with Gasteiger partial charge in [0.15, 0.2) is 0 Å². The number of nitrogens with one attached hydrogen (secondary N) is 1. The lowest BCUT2D eigenvalue weighted by Gasteiger charge is -2.14. The van der Waals surface area contributed by atoms with Gasteiger partial charge >= 0.3 is 6.03 Å². The van der Waals surface area contributed by atoms with Crippen LogP contribution in [0.15, 0.2) is 17.5 Å². The average molecular weight is 227 g/mol. The number of imide groups is 1. The van der Waals surface area contributed by atoms with Gasteiger partial charge in [0, 0.05) is 6.54 Å². The molecule has 1 rings (SSSR count). The molecule has 5 nitrogen and oxygen atoms in total. The maximum absolute atomic E-state index is 11.5. The van der Waals surface area contributed by atoms with Crippen molar-refractivity contribution in [3.63, 3.8) is 0 Å². The Hall–Kier alpha value is -1.40. The molecule has 1 aromatic rings. The topological polar surface area (TPSA) is 75.4 Å². The summed E-state index contributed by atoms with van der Waals surface area (Å²) in [5.41, 5.74) is 5.30. The fourth-order valence-corrected chi connectivity index (χ4v) is 1.60. The fraction of sp³-hybridized carbons (Fsp3) is 0.333. The third-order valence-corrected chi connectivity index (χ3v) is 2.53. The molecular weight excluding hydrogens is 214 g/mol. The van der Waals surface area contributed by atoms with Crippen molar-refractivity contribution in [3.05, 3.63) is 17.5 Å². The zero-order valence-corrected chi connectivity index (χ0v) is 9.00. The summed E-state index contributed by atoms with van der Waals surface area (Å²) in [6.45, 7) is 0.799. The smallest absolute Gasteiger partial charge is 0.328 e. The monoisotopic (exact) mass is 227 g/mol. The van der Waals surface area contributed by atoms with Crippen molar-refractivity contribution in [3.8, 4) is 0 Å². The average Bonchev–Trinajstić information content (AvgIpc) is 2.71. The Morgan fingerprint density at radius 1 is 1.67 bits per heavy atom. The van der Waals surface area contributed by atoms with Crippen LogP contribution >= 0.6 is 11.3 Å². The minimum absolute atomic E-state index is 0.344. The van der Waals surface area contributed by atoms with Crippen LogP contribution in [0, 0.1) is 0 Å². The van der Waals surface area contributed by atoms with Gasteiger partial charge in [0.1, 0.15) is 0 Å². The van der Waals surface area contributed by atoms with E-state index in [9.17, 15) is 9.59 Å². The second-order valence-electron chi connectivity index (χ2n) is 2.85. The van der Waals surface area contributed by atoms with E-state index in [1.807, 2.05) is 11.4 Å².